The molecule has 0 amide bonds. The van der Waals surface area contributed by atoms with Crippen LogP contribution in [0.2, 0.25) is 0 Å². The highest BCUT2D eigenvalue weighted by Gasteiger charge is 2.32. The summed E-state index contributed by atoms with van der Waals surface area (Å²) in [6, 6.07) is 0. The maximum absolute atomic E-state index is 12.3. The molecule has 0 radical (unpaired) electrons. The first kappa shape index (κ1) is 11.1. The Labute approximate surface area is 69.1 Å². The molecule has 0 aromatic heterocycles. The molecule has 0 aromatic carbocycles. The molecular weight excluding hydrogens is 175 g/mol. The van der Waals surface area contributed by atoms with Gasteiger partial charge in [0.25, 0.3) is 0 Å². The van der Waals surface area contributed by atoms with Gasteiger partial charge < -0.3 is 0 Å². The molecule has 0 N–H and O–H groups in total. The summed E-state index contributed by atoms with van der Waals surface area (Å²) >= 11 is 0.272. The zero-order valence-electron chi connectivity index (χ0n) is 6.61. The first-order chi connectivity index (χ1) is 5.05. The molecular formula is C6H12F3NS. The quantitative estimate of drug-likeness (QED) is 0.608. The lowest BCUT2D eigenvalue weighted by atomic mass is 10.7. The molecule has 0 aliphatic carbocycles. The fourth-order valence-electron chi connectivity index (χ4n) is 0.566. The van der Waals surface area contributed by atoms with E-state index in [2.05, 4.69) is 0 Å². The second kappa shape index (κ2) is 4.87. The van der Waals surface area contributed by atoms with E-state index in [1.54, 1.807) is 13.8 Å². The van der Waals surface area contributed by atoms with Crippen molar-refractivity contribution in [2.75, 3.05) is 19.8 Å². The molecule has 0 aliphatic heterocycles. The van der Waals surface area contributed by atoms with Crippen molar-refractivity contribution in [3.63, 3.8) is 0 Å². The van der Waals surface area contributed by atoms with Crippen LogP contribution in [0.5, 0.6) is 0 Å². The first-order valence-electron chi connectivity index (χ1n) is 3.43. The molecule has 0 aromatic rings. The van der Waals surface area contributed by atoms with Gasteiger partial charge in [0, 0.05) is 13.1 Å². The van der Waals surface area contributed by atoms with Crippen molar-refractivity contribution in [3.8, 4) is 0 Å². The van der Waals surface area contributed by atoms with Gasteiger partial charge in [-0.15, -0.1) is 0 Å². The van der Waals surface area contributed by atoms with Crippen LogP contribution in [0.1, 0.15) is 13.8 Å². The number of halogens is 3. The van der Waals surface area contributed by atoms with E-state index in [9.17, 15) is 13.2 Å². The van der Waals surface area contributed by atoms with Crippen LogP contribution in [-0.4, -0.2) is 29.3 Å². The average Bonchev–Trinajstić information content (AvgIpc) is 2.00. The summed E-state index contributed by atoms with van der Waals surface area (Å²) < 4.78 is 37.7. The van der Waals surface area contributed by atoms with Gasteiger partial charge in [0.2, 0.25) is 0 Å². The number of hydrogen-bond acceptors (Lipinski definition) is 2. The van der Waals surface area contributed by atoms with Crippen LogP contribution in [0.4, 0.5) is 13.2 Å². The molecule has 0 atom stereocenters. The van der Waals surface area contributed by atoms with Gasteiger partial charge in [-0.05, 0) is 11.9 Å². The zero-order chi connectivity index (χ0) is 8.91. The lowest BCUT2D eigenvalue weighted by molar-refractivity contribution is 0.0700. The Morgan fingerprint density at radius 1 is 1.27 bits per heavy atom. The predicted molar refractivity (Wildman–Crippen MR) is 41.4 cm³/mol. The van der Waals surface area contributed by atoms with Crippen LogP contribution in [0, 0.1) is 0 Å². The molecule has 0 aliphatic rings. The Kier molecular flexibility index (Phi) is 4.92. The normalized spacial score (nSPS) is 12.5. The van der Waals surface area contributed by atoms with Gasteiger partial charge in [-0.3, -0.25) is 0 Å². The Balaban J connectivity index is 3.79. The Hall–Kier alpha value is 0.100. The number of nitrogens with zero attached hydrogens (tertiary/aromatic N) is 1. The third-order valence-electron chi connectivity index (χ3n) is 1.12. The van der Waals surface area contributed by atoms with Crippen LogP contribution in [0.3, 0.4) is 0 Å². The largest absolute Gasteiger partial charge is 0.335 e. The topological polar surface area (TPSA) is 3.24 Å². The van der Waals surface area contributed by atoms with Crippen LogP contribution < -0.4 is 0 Å². The molecule has 0 saturated heterocycles. The summed E-state index contributed by atoms with van der Waals surface area (Å²) in [7, 11) is 0. The lowest BCUT2D eigenvalue weighted by Crippen LogP contribution is -2.24. The smallest absolute Gasteiger partial charge is 0.246 e. The van der Waals surface area contributed by atoms with Crippen molar-refractivity contribution in [1.82, 2.24) is 4.31 Å². The van der Waals surface area contributed by atoms with E-state index < -0.39 is 11.9 Å². The van der Waals surface area contributed by atoms with Gasteiger partial charge in [-0.2, -0.15) is 8.78 Å². The van der Waals surface area contributed by atoms with Gasteiger partial charge in [-0.25, -0.2) is 8.70 Å². The molecule has 5 heteroatoms. The molecule has 0 fully saturated rings. The van der Waals surface area contributed by atoms with Crippen LogP contribution in [0.25, 0.3) is 0 Å². The maximum Gasteiger partial charge on any atom is 0.335 e. The highest BCUT2D eigenvalue weighted by atomic mass is 32.2. The minimum Gasteiger partial charge on any atom is -0.246 e. The zero-order valence-corrected chi connectivity index (χ0v) is 7.43. The van der Waals surface area contributed by atoms with Crippen molar-refractivity contribution in [3.05, 3.63) is 0 Å². The van der Waals surface area contributed by atoms with E-state index in [4.69, 9.17) is 0 Å². The molecule has 0 rings (SSSR count). The van der Waals surface area contributed by atoms with E-state index in [1.807, 2.05) is 0 Å². The third-order valence-corrected chi connectivity index (χ3v) is 2.27. The molecule has 0 bridgehead atoms. The minimum atomic E-state index is -3.26. The van der Waals surface area contributed by atoms with Gasteiger partial charge in [-0.1, -0.05) is 13.8 Å². The summed E-state index contributed by atoms with van der Waals surface area (Å²) in [5.74, 6) is 0. The SMILES string of the molecule is CCN(CC)SC(F)(F)CF. The highest BCUT2D eigenvalue weighted by molar-refractivity contribution is 7.98. The summed E-state index contributed by atoms with van der Waals surface area (Å²) in [5.41, 5.74) is 0. The van der Waals surface area contributed by atoms with E-state index in [1.165, 1.54) is 4.31 Å². The van der Waals surface area contributed by atoms with Crippen LogP contribution >= 0.6 is 11.9 Å². The average molecular weight is 187 g/mol. The second-order valence-corrected chi connectivity index (χ2v) is 3.27. The van der Waals surface area contributed by atoms with Crippen LogP contribution in [0.15, 0.2) is 0 Å². The van der Waals surface area contributed by atoms with Crippen molar-refractivity contribution in [2.45, 2.75) is 19.1 Å². The van der Waals surface area contributed by atoms with Gasteiger partial charge in [0.15, 0.2) is 6.67 Å². The number of hydrogen-bond donors (Lipinski definition) is 0. The molecule has 0 saturated carbocycles. The second-order valence-electron chi connectivity index (χ2n) is 1.98. The summed E-state index contributed by atoms with van der Waals surface area (Å²) in [5, 5.41) is -3.26. The van der Waals surface area contributed by atoms with Crippen molar-refractivity contribution in [1.29, 1.82) is 0 Å². The standard InChI is InChI=1S/C6H12F3NS/c1-3-10(4-2)11-6(8,9)5-7/h3-5H2,1-2H3. The fraction of sp³-hybridized carbons (Fsp3) is 1.00. The summed E-state index contributed by atoms with van der Waals surface area (Å²) in [6.45, 7) is 2.90. The Morgan fingerprint density at radius 3 is 2.00 bits per heavy atom. The van der Waals surface area contributed by atoms with E-state index in [0.717, 1.165) is 0 Å². The molecule has 0 spiro atoms. The van der Waals surface area contributed by atoms with Gasteiger partial charge in [0.05, 0.1) is 0 Å². The molecule has 0 heterocycles. The van der Waals surface area contributed by atoms with E-state index in [0.29, 0.717) is 13.1 Å². The summed E-state index contributed by atoms with van der Waals surface area (Å²) in [4.78, 5) is 0. The lowest BCUT2D eigenvalue weighted by Gasteiger charge is -2.21. The molecule has 1 nitrogen and oxygen atoms in total. The van der Waals surface area contributed by atoms with Gasteiger partial charge >= 0.3 is 5.25 Å². The van der Waals surface area contributed by atoms with E-state index in [-0.39, 0.29) is 11.9 Å². The number of rotatable bonds is 5. The van der Waals surface area contributed by atoms with Crippen LogP contribution in [-0.2, 0) is 0 Å². The van der Waals surface area contributed by atoms with Gasteiger partial charge in [0.1, 0.15) is 0 Å². The van der Waals surface area contributed by atoms with Crippen molar-refractivity contribution >= 4 is 11.9 Å². The third kappa shape index (κ3) is 4.53. The first-order valence-corrected chi connectivity index (χ1v) is 4.21. The Bertz CT molecular complexity index is 106. The fourth-order valence-corrected chi connectivity index (χ4v) is 1.25. The monoisotopic (exact) mass is 187 g/mol. The highest BCUT2D eigenvalue weighted by Crippen LogP contribution is 2.31. The molecule has 68 valence electrons. The molecule has 11 heavy (non-hydrogen) atoms. The maximum atomic E-state index is 12.3. The number of alkyl halides is 3. The van der Waals surface area contributed by atoms with Crippen molar-refractivity contribution < 1.29 is 13.2 Å². The minimum absolute atomic E-state index is 0.272. The van der Waals surface area contributed by atoms with Crippen molar-refractivity contribution in [2.24, 2.45) is 0 Å². The van der Waals surface area contributed by atoms with E-state index >= 15 is 0 Å². The summed E-state index contributed by atoms with van der Waals surface area (Å²) in [6.07, 6.45) is 0. The molecule has 0 unspecified atom stereocenters. The Morgan fingerprint density at radius 2 is 1.73 bits per heavy atom. The predicted octanol–water partition coefficient (Wildman–Crippen LogP) is 2.54.